The Hall–Kier alpha value is -2.32. The minimum absolute atomic E-state index is 0.00950. The van der Waals surface area contributed by atoms with E-state index in [1.54, 1.807) is 11.3 Å². The highest BCUT2D eigenvalue weighted by atomic mass is 35.5. The number of benzene rings is 2. The molecule has 0 bridgehead atoms. The third-order valence-electron chi connectivity index (χ3n) is 4.10. The van der Waals surface area contributed by atoms with E-state index in [1.807, 2.05) is 42.5 Å². The predicted molar refractivity (Wildman–Crippen MR) is 112 cm³/mol. The second-order valence-corrected chi connectivity index (χ2v) is 7.72. The van der Waals surface area contributed by atoms with E-state index in [4.69, 9.17) is 33.7 Å². The number of hydrogen-bond acceptors (Lipinski definition) is 7. The lowest BCUT2D eigenvalue weighted by Gasteiger charge is -2.12. The zero-order valence-electron chi connectivity index (χ0n) is 14.5. The summed E-state index contributed by atoms with van der Waals surface area (Å²) in [7, 11) is 0. The lowest BCUT2D eigenvalue weighted by Crippen LogP contribution is -2.15. The Labute approximate surface area is 175 Å². The summed E-state index contributed by atoms with van der Waals surface area (Å²) in [4.78, 5) is 16.1. The van der Waals surface area contributed by atoms with Gasteiger partial charge in [-0.2, -0.15) is 15.0 Å². The van der Waals surface area contributed by atoms with Gasteiger partial charge in [0, 0.05) is 18.0 Å². The van der Waals surface area contributed by atoms with Crippen molar-refractivity contribution in [3.8, 4) is 16.6 Å². The number of halogens is 2. The summed E-state index contributed by atoms with van der Waals surface area (Å²) >= 11 is 13.1. The molecule has 0 radical (unpaired) electrons. The van der Waals surface area contributed by atoms with Gasteiger partial charge in [0.1, 0.15) is 5.01 Å². The van der Waals surface area contributed by atoms with Crippen LogP contribution < -0.4 is 10.5 Å². The number of thiazole rings is 1. The van der Waals surface area contributed by atoms with Crippen molar-refractivity contribution >= 4 is 44.8 Å². The molecule has 0 saturated carbocycles. The summed E-state index contributed by atoms with van der Waals surface area (Å²) in [6, 6.07) is 16.1. The molecule has 28 heavy (non-hydrogen) atoms. The minimum atomic E-state index is -0.183. The Bertz CT molecular complexity index is 1050. The Balaban J connectivity index is 1.39. The van der Waals surface area contributed by atoms with E-state index in [-0.39, 0.29) is 22.6 Å². The first-order chi connectivity index (χ1) is 13.6. The molecule has 1 atom stereocenters. The summed E-state index contributed by atoms with van der Waals surface area (Å²) in [5, 5.41) is 0.975. The number of nitrogens with two attached hydrogens (primary N) is 1. The van der Waals surface area contributed by atoms with Crippen LogP contribution in [0, 0.1) is 0 Å². The summed E-state index contributed by atoms with van der Waals surface area (Å²) in [5.41, 5.74) is 9.37. The lowest BCUT2D eigenvalue weighted by molar-refractivity contribution is 0.275. The highest BCUT2D eigenvalue weighted by Gasteiger charge is 2.10. The third-order valence-corrected chi connectivity index (χ3v) is 5.52. The minimum Gasteiger partial charge on any atom is -0.463 e. The van der Waals surface area contributed by atoms with E-state index >= 15 is 0 Å². The first-order valence-corrected chi connectivity index (χ1v) is 10.1. The van der Waals surface area contributed by atoms with Crippen LogP contribution in [0.15, 0.2) is 48.5 Å². The Morgan fingerprint density at radius 2 is 1.64 bits per heavy atom. The number of para-hydroxylation sites is 1. The molecule has 0 spiro atoms. The van der Waals surface area contributed by atoms with Crippen LogP contribution in [-0.4, -0.2) is 26.5 Å². The fourth-order valence-electron chi connectivity index (χ4n) is 2.69. The van der Waals surface area contributed by atoms with Gasteiger partial charge in [-0.15, -0.1) is 11.3 Å². The Kier molecular flexibility index (Phi) is 5.68. The molecule has 142 valence electrons. The topological polar surface area (TPSA) is 86.8 Å². The molecule has 2 aromatic heterocycles. The van der Waals surface area contributed by atoms with E-state index < -0.39 is 0 Å². The number of hydrogen-bond donors (Lipinski definition) is 1. The van der Waals surface area contributed by atoms with E-state index in [2.05, 4.69) is 26.0 Å². The van der Waals surface area contributed by atoms with Crippen molar-refractivity contribution in [1.82, 2.24) is 19.9 Å². The highest BCUT2D eigenvalue weighted by Crippen LogP contribution is 2.30. The molecule has 6 nitrogen and oxygen atoms in total. The van der Waals surface area contributed by atoms with Crippen molar-refractivity contribution in [2.45, 2.75) is 12.5 Å². The van der Waals surface area contributed by atoms with E-state index in [1.165, 1.54) is 4.70 Å². The van der Waals surface area contributed by atoms with Gasteiger partial charge in [0.2, 0.25) is 10.6 Å². The first-order valence-electron chi connectivity index (χ1n) is 8.50. The molecule has 9 heteroatoms. The van der Waals surface area contributed by atoms with Gasteiger partial charge in [0.05, 0.1) is 16.8 Å². The maximum absolute atomic E-state index is 6.27. The summed E-state index contributed by atoms with van der Waals surface area (Å²) in [6.07, 6.45) is 0.585. The standard InChI is InChI=1S/C19H15Cl2N5OS/c20-17-24-18(21)26-19(25-17)27-10-9-13(22)11-5-7-12(8-6-11)16-23-14-3-1-2-4-15(14)28-16/h1-8,13H,9-10,22H2. The molecule has 4 aromatic rings. The molecule has 0 aliphatic carbocycles. The zero-order valence-corrected chi connectivity index (χ0v) is 16.9. The molecular formula is C19H15Cl2N5OS. The molecule has 0 amide bonds. The average molecular weight is 432 g/mol. The number of aromatic nitrogens is 4. The zero-order chi connectivity index (χ0) is 19.5. The van der Waals surface area contributed by atoms with Crippen molar-refractivity contribution in [3.63, 3.8) is 0 Å². The van der Waals surface area contributed by atoms with Gasteiger partial charge in [0.15, 0.2) is 0 Å². The molecule has 0 saturated heterocycles. The molecular weight excluding hydrogens is 417 g/mol. The molecule has 2 aromatic carbocycles. The van der Waals surface area contributed by atoms with Crippen LogP contribution >= 0.6 is 34.5 Å². The van der Waals surface area contributed by atoms with Gasteiger partial charge in [0.25, 0.3) is 0 Å². The highest BCUT2D eigenvalue weighted by molar-refractivity contribution is 7.21. The Morgan fingerprint density at radius 1 is 0.929 bits per heavy atom. The summed E-state index contributed by atoms with van der Waals surface area (Å²) in [5.74, 6) is 0. The number of fused-ring (bicyclic) bond motifs is 1. The van der Waals surface area contributed by atoms with Gasteiger partial charge in [-0.3, -0.25) is 0 Å². The maximum Gasteiger partial charge on any atom is 0.322 e. The lowest BCUT2D eigenvalue weighted by atomic mass is 10.0. The predicted octanol–water partition coefficient (Wildman–Crippen LogP) is 4.92. The largest absolute Gasteiger partial charge is 0.463 e. The third kappa shape index (κ3) is 4.39. The molecule has 2 heterocycles. The molecule has 0 fully saturated rings. The monoisotopic (exact) mass is 431 g/mol. The van der Waals surface area contributed by atoms with Gasteiger partial charge < -0.3 is 10.5 Å². The van der Waals surface area contributed by atoms with E-state index in [9.17, 15) is 0 Å². The fraction of sp³-hybridized carbons (Fsp3) is 0.158. The molecule has 0 aliphatic rings. The molecule has 1 unspecified atom stereocenters. The average Bonchev–Trinajstić information content (AvgIpc) is 3.11. The van der Waals surface area contributed by atoms with Gasteiger partial charge in [-0.1, -0.05) is 36.4 Å². The van der Waals surface area contributed by atoms with Crippen LogP contribution in [0.1, 0.15) is 18.0 Å². The van der Waals surface area contributed by atoms with Crippen LogP contribution in [0.25, 0.3) is 20.8 Å². The van der Waals surface area contributed by atoms with Crippen LogP contribution in [0.3, 0.4) is 0 Å². The van der Waals surface area contributed by atoms with Gasteiger partial charge in [-0.25, -0.2) is 4.98 Å². The van der Waals surface area contributed by atoms with Crippen LogP contribution in [-0.2, 0) is 0 Å². The van der Waals surface area contributed by atoms with Crippen molar-refractivity contribution in [3.05, 3.63) is 64.7 Å². The summed E-state index contributed by atoms with van der Waals surface area (Å²) in [6.45, 7) is 0.331. The number of nitrogens with zero attached hydrogens (tertiary/aromatic N) is 4. The number of ether oxygens (including phenoxy) is 1. The van der Waals surface area contributed by atoms with Crippen LogP contribution in [0.5, 0.6) is 6.01 Å². The van der Waals surface area contributed by atoms with Crippen LogP contribution in [0.4, 0.5) is 0 Å². The SMILES string of the molecule is NC(CCOc1nc(Cl)nc(Cl)n1)c1ccc(-c2nc3ccccc3s2)cc1. The van der Waals surface area contributed by atoms with Crippen molar-refractivity contribution in [2.75, 3.05) is 6.61 Å². The normalized spacial score (nSPS) is 12.2. The van der Waals surface area contributed by atoms with Crippen molar-refractivity contribution in [1.29, 1.82) is 0 Å². The molecule has 2 N–H and O–H groups in total. The van der Waals surface area contributed by atoms with E-state index in [0.717, 1.165) is 21.7 Å². The van der Waals surface area contributed by atoms with Crippen molar-refractivity contribution in [2.24, 2.45) is 5.73 Å². The second kappa shape index (κ2) is 8.36. The van der Waals surface area contributed by atoms with Gasteiger partial charge >= 0.3 is 6.01 Å². The maximum atomic E-state index is 6.27. The molecule has 0 aliphatic heterocycles. The van der Waals surface area contributed by atoms with Crippen LogP contribution in [0.2, 0.25) is 10.6 Å². The smallest absolute Gasteiger partial charge is 0.322 e. The quantitative estimate of drug-likeness (QED) is 0.465. The van der Waals surface area contributed by atoms with Crippen molar-refractivity contribution < 1.29 is 4.74 Å². The fourth-order valence-corrected chi connectivity index (χ4v) is 4.01. The van der Waals surface area contributed by atoms with E-state index in [0.29, 0.717) is 13.0 Å². The second-order valence-electron chi connectivity index (χ2n) is 6.01. The summed E-state index contributed by atoms with van der Waals surface area (Å²) < 4.78 is 6.64. The number of rotatable bonds is 6. The molecule has 4 rings (SSSR count). The first kappa shape index (κ1) is 19.0. The Morgan fingerprint density at radius 3 is 2.36 bits per heavy atom. The van der Waals surface area contributed by atoms with Gasteiger partial charge in [-0.05, 0) is 40.9 Å².